The highest BCUT2D eigenvalue weighted by molar-refractivity contribution is 5.88. The third-order valence-corrected chi connectivity index (χ3v) is 6.71. The number of aliphatic carboxylic acids is 3. The molecule has 4 rings (SSSR count). The summed E-state index contributed by atoms with van der Waals surface area (Å²) in [7, 11) is 3.42. The average Bonchev–Trinajstić information content (AvgIpc) is 2.99. The molecule has 236 valence electrons. The predicted octanol–water partition coefficient (Wildman–Crippen LogP) is 2.31. The summed E-state index contributed by atoms with van der Waals surface area (Å²) in [5.41, 5.74) is 1.60. The van der Waals surface area contributed by atoms with E-state index in [1.165, 1.54) is 11.1 Å². The second-order valence-corrected chi connectivity index (χ2v) is 10.1. The van der Waals surface area contributed by atoms with Crippen molar-refractivity contribution in [2.75, 3.05) is 39.2 Å². The van der Waals surface area contributed by atoms with Crippen molar-refractivity contribution in [3.05, 3.63) is 65.5 Å². The molecule has 3 aromatic rings. The van der Waals surface area contributed by atoms with Gasteiger partial charge in [-0.2, -0.15) is 0 Å². The highest BCUT2D eigenvalue weighted by Gasteiger charge is 2.40. The van der Waals surface area contributed by atoms with Gasteiger partial charge in [0, 0.05) is 51.7 Å². The van der Waals surface area contributed by atoms with Gasteiger partial charge in [-0.25, -0.2) is 14.8 Å². The van der Waals surface area contributed by atoms with E-state index in [0.29, 0.717) is 5.82 Å². The zero-order chi connectivity index (χ0) is 32.1. The summed E-state index contributed by atoms with van der Waals surface area (Å²) in [6.07, 6.45) is 1.33. The molecule has 0 spiro atoms. The molecule has 14 nitrogen and oxygen atoms in total. The van der Waals surface area contributed by atoms with E-state index in [4.69, 9.17) is 39.9 Å². The van der Waals surface area contributed by atoms with Crippen LogP contribution in [0.5, 0.6) is 5.75 Å². The van der Waals surface area contributed by atoms with Crippen molar-refractivity contribution < 1.29 is 44.3 Å². The van der Waals surface area contributed by atoms with Crippen molar-refractivity contribution >= 4 is 23.7 Å². The fraction of sp³-hybridized carbons (Fsp3) is 0.400. The number of carbonyl (C=O) groups is 3. The minimum atomic E-state index is -2.74. The lowest BCUT2D eigenvalue weighted by molar-refractivity contribution is -0.170. The SMILES string of the molecule is COCCCNc1nc(-c2ccccn2)nc2c1CCN(Cc1ccc(OC)cc1)C2.O=C(O)CC(O)(CC(=O)O)C(=O)O. The van der Waals surface area contributed by atoms with E-state index < -0.39 is 36.4 Å². The van der Waals surface area contributed by atoms with Crippen molar-refractivity contribution in [3.63, 3.8) is 0 Å². The highest BCUT2D eigenvalue weighted by atomic mass is 16.5. The quantitative estimate of drug-likeness (QED) is 0.166. The fourth-order valence-corrected chi connectivity index (χ4v) is 4.50. The van der Waals surface area contributed by atoms with Gasteiger partial charge >= 0.3 is 17.9 Å². The Kier molecular flexibility index (Phi) is 12.5. The van der Waals surface area contributed by atoms with Gasteiger partial charge in [0.2, 0.25) is 0 Å². The van der Waals surface area contributed by atoms with E-state index >= 15 is 0 Å². The summed E-state index contributed by atoms with van der Waals surface area (Å²) in [4.78, 5) is 47.1. The maximum Gasteiger partial charge on any atom is 0.336 e. The largest absolute Gasteiger partial charge is 0.497 e. The third-order valence-electron chi connectivity index (χ3n) is 6.71. The molecule has 2 aromatic heterocycles. The summed E-state index contributed by atoms with van der Waals surface area (Å²) in [6.45, 7) is 4.18. The Morgan fingerprint density at radius 2 is 1.70 bits per heavy atom. The number of pyridine rings is 1. The number of carboxylic acids is 3. The van der Waals surface area contributed by atoms with Crippen LogP contribution in [0.15, 0.2) is 48.7 Å². The lowest BCUT2D eigenvalue weighted by Gasteiger charge is -2.29. The Hall–Kier alpha value is -4.66. The van der Waals surface area contributed by atoms with Gasteiger partial charge in [-0.3, -0.25) is 19.5 Å². The zero-order valence-electron chi connectivity index (χ0n) is 24.6. The predicted molar refractivity (Wildman–Crippen MR) is 158 cm³/mol. The molecule has 0 unspecified atom stereocenters. The van der Waals surface area contributed by atoms with Crippen LogP contribution >= 0.6 is 0 Å². The maximum absolute atomic E-state index is 10.3. The minimum Gasteiger partial charge on any atom is -0.497 e. The van der Waals surface area contributed by atoms with Crippen LogP contribution in [0.25, 0.3) is 11.5 Å². The number of ether oxygens (including phenoxy) is 2. The van der Waals surface area contributed by atoms with Crippen LogP contribution in [0.1, 0.15) is 36.1 Å². The molecule has 0 aliphatic carbocycles. The number of fused-ring (bicyclic) bond motifs is 1. The molecule has 0 saturated heterocycles. The van der Waals surface area contributed by atoms with Crippen molar-refractivity contribution in [3.8, 4) is 17.3 Å². The van der Waals surface area contributed by atoms with Gasteiger partial charge in [0.1, 0.15) is 17.3 Å². The molecule has 0 bridgehead atoms. The van der Waals surface area contributed by atoms with E-state index in [0.717, 1.165) is 68.6 Å². The highest BCUT2D eigenvalue weighted by Crippen LogP contribution is 2.27. The summed E-state index contributed by atoms with van der Waals surface area (Å²) in [6, 6.07) is 14.1. The lowest BCUT2D eigenvalue weighted by atomic mass is 9.96. The molecule has 1 aliphatic heterocycles. The fourth-order valence-electron chi connectivity index (χ4n) is 4.50. The normalized spacial score (nSPS) is 12.8. The number of methoxy groups -OCH3 is 2. The summed E-state index contributed by atoms with van der Waals surface area (Å²) >= 11 is 0. The molecule has 3 heterocycles. The summed E-state index contributed by atoms with van der Waals surface area (Å²) in [5, 5.41) is 37.3. The standard InChI is InChI=1S/C24H29N5O2.C6H8O7/c1-30-15-5-13-26-23-20-11-14-29(16-18-7-9-19(31-2)10-8-18)17-22(20)27-24(28-23)21-6-3-4-12-25-21;7-3(8)1-6(13,5(11)12)2-4(9)10/h3-4,6-10,12H,5,11,13-17H2,1-2H3,(H,26,27,28);13H,1-2H2,(H,7,8)(H,9,10)(H,11,12). The number of hydrogen-bond acceptors (Lipinski definition) is 11. The molecule has 0 atom stereocenters. The third kappa shape index (κ3) is 9.97. The van der Waals surface area contributed by atoms with E-state index in [1.54, 1.807) is 20.4 Å². The second kappa shape index (κ2) is 16.3. The van der Waals surface area contributed by atoms with E-state index in [-0.39, 0.29) is 0 Å². The molecule has 0 fully saturated rings. The Bertz CT molecular complexity index is 1390. The Morgan fingerprint density at radius 3 is 2.27 bits per heavy atom. The van der Waals surface area contributed by atoms with Crippen LogP contribution < -0.4 is 10.1 Å². The van der Waals surface area contributed by atoms with Crippen LogP contribution in [0, 0.1) is 0 Å². The van der Waals surface area contributed by atoms with Gasteiger partial charge in [-0.1, -0.05) is 18.2 Å². The van der Waals surface area contributed by atoms with Crippen LogP contribution in [0.4, 0.5) is 5.82 Å². The first-order chi connectivity index (χ1) is 21.0. The smallest absolute Gasteiger partial charge is 0.336 e. The average molecular weight is 612 g/mol. The van der Waals surface area contributed by atoms with Gasteiger partial charge < -0.3 is 35.2 Å². The number of nitrogens with one attached hydrogen (secondary N) is 1. The molecule has 0 amide bonds. The van der Waals surface area contributed by atoms with Gasteiger partial charge in [0.05, 0.1) is 25.6 Å². The Labute approximate surface area is 254 Å². The Morgan fingerprint density at radius 1 is 1.00 bits per heavy atom. The number of hydrogen-bond donors (Lipinski definition) is 5. The number of aliphatic hydroxyl groups is 1. The monoisotopic (exact) mass is 611 g/mol. The molecule has 44 heavy (non-hydrogen) atoms. The molecule has 1 aliphatic rings. The van der Waals surface area contributed by atoms with Gasteiger partial charge in [0.15, 0.2) is 11.4 Å². The molecular weight excluding hydrogens is 574 g/mol. The first kappa shape index (κ1) is 33.8. The molecule has 5 N–H and O–H groups in total. The van der Waals surface area contributed by atoms with Crippen molar-refractivity contribution in [2.45, 2.75) is 44.4 Å². The molecule has 0 saturated carbocycles. The number of carboxylic acid groups (broad SMARTS) is 3. The molecule has 14 heteroatoms. The van der Waals surface area contributed by atoms with Crippen molar-refractivity contribution in [1.82, 2.24) is 19.9 Å². The van der Waals surface area contributed by atoms with E-state index in [9.17, 15) is 14.4 Å². The number of nitrogens with zero attached hydrogens (tertiary/aromatic N) is 4. The summed E-state index contributed by atoms with van der Waals surface area (Å²) in [5.74, 6) is -2.55. The zero-order valence-corrected chi connectivity index (χ0v) is 24.6. The molecular formula is C30H37N5O9. The topological polar surface area (TPSA) is 205 Å². The minimum absolute atomic E-state index is 0.667. The first-order valence-corrected chi connectivity index (χ1v) is 13.8. The summed E-state index contributed by atoms with van der Waals surface area (Å²) < 4.78 is 10.4. The van der Waals surface area contributed by atoms with Gasteiger partial charge in [0.25, 0.3) is 0 Å². The molecule has 0 radical (unpaired) electrons. The number of benzene rings is 1. The maximum atomic E-state index is 10.3. The number of anilines is 1. The lowest BCUT2D eigenvalue weighted by Crippen LogP contribution is -2.42. The van der Waals surface area contributed by atoms with E-state index in [1.807, 2.05) is 30.3 Å². The van der Waals surface area contributed by atoms with E-state index in [2.05, 4.69) is 27.3 Å². The Balaban J connectivity index is 0.000000345. The van der Waals surface area contributed by atoms with Crippen LogP contribution in [0.2, 0.25) is 0 Å². The van der Waals surface area contributed by atoms with Crippen LogP contribution in [0.3, 0.4) is 0 Å². The van der Waals surface area contributed by atoms with Crippen LogP contribution in [-0.4, -0.2) is 97.7 Å². The first-order valence-electron chi connectivity index (χ1n) is 13.8. The number of aromatic nitrogens is 3. The second-order valence-electron chi connectivity index (χ2n) is 10.1. The van der Waals surface area contributed by atoms with Gasteiger partial charge in [-0.15, -0.1) is 0 Å². The van der Waals surface area contributed by atoms with Crippen molar-refractivity contribution in [2.24, 2.45) is 0 Å². The number of rotatable bonds is 14. The molecule has 1 aromatic carbocycles. The van der Waals surface area contributed by atoms with Crippen LogP contribution in [-0.2, 0) is 38.6 Å². The van der Waals surface area contributed by atoms with Gasteiger partial charge in [-0.05, 0) is 42.7 Å². The van der Waals surface area contributed by atoms with Crippen molar-refractivity contribution in [1.29, 1.82) is 0 Å².